The van der Waals surface area contributed by atoms with Crippen LogP contribution in [-0.4, -0.2) is 47.5 Å². The molecule has 0 unspecified atom stereocenters. The molecule has 7 heteroatoms. The standard InChI is InChI=1S/C36H38N2O5/c1-4-43-29-11-9-10-27(24-29)20-22-38(23-21-34(39)40)36(42)33-15-8-6-13-31(33)30-12-5-7-14-32(30)35(41)37-26(3)28-18-16-25(2)17-19-28/h5-19,24,26H,4,20-23H2,1-3H3,(H,37,41)(H,39,40)/t26-/m1/s1. The van der Waals surface area contributed by atoms with Crippen molar-refractivity contribution in [2.75, 3.05) is 19.7 Å². The van der Waals surface area contributed by atoms with Crippen LogP contribution in [0.1, 0.15) is 63.7 Å². The topological polar surface area (TPSA) is 95.9 Å². The van der Waals surface area contributed by atoms with Crippen LogP contribution in [0.25, 0.3) is 11.1 Å². The first-order chi connectivity index (χ1) is 20.8. The van der Waals surface area contributed by atoms with E-state index < -0.39 is 5.97 Å². The van der Waals surface area contributed by atoms with Gasteiger partial charge in [-0.3, -0.25) is 14.4 Å². The summed E-state index contributed by atoms with van der Waals surface area (Å²) in [6.45, 7) is 6.81. The molecular formula is C36H38N2O5. The Labute approximate surface area is 253 Å². The summed E-state index contributed by atoms with van der Waals surface area (Å²) in [5.41, 5.74) is 5.21. The van der Waals surface area contributed by atoms with Crippen molar-refractivity contribution in [3.63, 3.8) is 0 Å². The lowest BCUT2D eigenvalue weighted by Crippen LogP contribution is -2.35. The first kappa shape index (κ1) is 31.0. The zero-order valence-corrected chi connectivity index (χ0v) is 24.9. The Morgan fingerprint density at radius 3 is 2.16 bits per heavy atom. The van der Waals surface area contributed by atoms with Gasteiger partial charge in [-0.2, -0.15) is 0 Å². The molecule has 222 valence electrons. The molecule has 4 aromatic rings. The normalized spacial score (nSPS) is 11.4. The maximum absolute atomic E-state index is 14.0. The fourth-order valence-corrected chi connectivity index (χ4v) is 4.97. The maximum atomic E-state index is 14.0. The first-order valence-corrected chi connectivity index (χ1v) is 14.6. The molecule has 0 aliphatic carbocycles. The molecule has 43 heavy (non-hydrogen) atoms. The Kier molecular flexibility index (Phi) is 10.7. The minimum atomic E-state index is -0.978. The van der Waals surface area contributed by atoms with Gasteiger partial charge >= 0.3 is 5.97 Å². The van der Waals surface area contributed by atoms with Gasteiger partial charge in [-0.15, -0.1) is 0 Å². The van der Waals surface area contributed by atoms with Gasteiger partial charge in [0.25, 0.3) is 11.8 Å². The number of nitrogens with one attached hydrogen (secondary N) is 1. The minimum absolute atomic E-state index is 0.0594. The van der Waals surface area contributed by atoms with Crippen molar-refractivity contribution in [1.82, 2.24) is 10.2 Å². The van der Waals surface area contributed by atoms with Crippen LogP contribution in [0.3, 0.4) is 0 Å². The third-order valence-electron chi connectivity index (χ3n) is 7.31. The molecule has 2 amide bonds. The van der Waals surface area contributed by atoms with E-state index in [-0.39, 0.29) is 30.8 Å². The molecule has 0 aliphatic heterocycles. The fourth-order valence-electron chi connectivity index (χ4n) is 4.97. The van der Waals surface area contributed by atoms with Crippen molar-refractivity contribution in [3.05, 3.63) is 125 Å². The molecule has 0 heterocycles. The highest BCUT2D eigenvalue weighted by Gasteiger charge is 2.23. The summed E-state index contributed by atoms with van der Waals surface area (Å²) in [6.07, 6.45) is 0.354. The number of rotatable bonds is 13. The Balaban J connectivity index is 1.61. The predicted molar refractivity (Wildman–Crippen MR) is 168 cm³/mol. The molecule has 7 nitrogen and oxygen atoms in total. The van der Waals surface area contributed by atoms with Crippen LogP contribution in [0.5, 0.6) is 5.75 Å². The molecule has 1 atom stereocenters. The lowest BCUT2D eigenvalue weighted by Gasteiger charge is -2.24. The van der Waals surface area contributed by atoms with Gasteiger partial charge in [0.2, 0.25) is 0 Å². The maximum Gasteiger partial charge on any atom is 0.305 e. The zero-order chi connectivity index (χ0) is 30.8. The molecule has 0 saturated carbocycles. The number of carbonyl (C=O) groups excluding carboxylic acids is 2. The molecule has 0 aliphatic rings. The Hall–Kier alpha value is -4.91. The number of benzene rings is 4. The Bertz CT molecular complexity index is 1560. The van der Waals surface area contributed by atoms with Gasteiger partial charge in [-0.05, 0) is 73.7 Å². The third-order valence-corrected chi connectivity index (χ3v) is 7.31. The largest absolute Gasteiger partial charge is 0.494 e. The van der Waals surface area contributed by atoms with Crippen LogP contribution in [0, 0.1) is 6.92 Å². The highest BCUT2D eigenvalue weighted by atomic mass is 16.5. The molecule has 0 spiro atoms. The van der Waals surface area contributed by atoms with Gasteiger partial charge in [0.1, 0.15) is 5.75 Å². The van der Waals surface area contributed by atoms with Gasteiger partial charge < -0.3 is 20.1 Å². The SMILES string of the molecule is CCOc1cccc(CCN(CCC(=O)O)C(=O)c2ccccc2-c2ccccc2C(=O)N[C@H](C)c2ccc(C)cc2)c1. The fraction of sp³-hybridized carbons (Fsp3) is 0.250. The highest BCUT2D eigenvalue weighted by molar-refractivity contribution is 6.06. The van der Waals surface area contributed by atoms with E-state index in [1.807, 2.05) is 93.6 Å². The summed E-state index contributed by atoms with van der Waals surface area (Å²) in [5.74, 6) is -0.765. The average Bonchev–Trinajstić information content (AvgIpc) is 3.01. The lowest BCUT2D eigenvalue weighted by molar-refractivity contribution is -0.137. The second kappa shape index (κ2) is 14.8. The van der Waals surface area contributed by atoms with Gasteiger partial charge in [-0.25, -0.2) is 0 Å². The van der Waals surface area contributed by atoms with Gasteiger partial charge in [0.15, 0.2) is 0 Å². The summed E-state index contributed by atoms with van der Waals surface area (Å²) in [5, 5.41) is 12.5. The summed E-state index contributed by atoms with van der Waals surface area (Å²) < 4.78 is 5.61. The number of carbonyl (C=O) groups is 3. The molecular weight excluding hydrogens is 540 g/mol. The number of carboxylic acid groups (broad SMARTS) is 1. The van der Waals surface area contributed by atoms with Crippen molar-refractivity contribution in [2.24, 2.45) is 0 Å². The first-order valence-electron chi connectivity index (χ1n) is 14.6. The van der Waals surface area contributed by atoms with Crippen molar-refractivity contribution >= 4 is 17.8 Å². The summed E-state index contributed by atoms with van der Waals surface area (Å²) >= 11 is 0. The summed E-state index contributed by atoms with van der Waals surface area (Å²) in [4.78, 5) is 40.6. The number of carboxylic acids is 1. The van der Waals surface area contributed by atoms with Crippen molar-refractivity contribution in [3.8, 4) is 16.9 Å². The molecule has 4 aromatic carbocycles. The van der Waals surface area contributed by atoms with E-state index >= 15 is 0 Å². The van der Waals surface area contributed by atoms with Crippen molar-refractivity contribution in [2.45, 2.75) is 39.7 Å². The van der Waals surface area contributed by atoms with Crippen LogP contribution < -0.4 is 10.1 Å². The van der Waals surface area contributed by atoms with Crippen LogP contribution in [0.2, 0.25) is 0 Å². The van der Waals surface area contributed by atoms with E-state index in [2.05, 4.69) is 5.32 Å². The molecule has 0 saturated heterocycles. The predicted octanol–water partition coefficient (Wildman–Crippen LogP) is 6.71. The number of aliphatic carboxylic acids is 1. The van der Waals surface area contributed by atoms with Crippen molar-refractivity contribution < 1.29 is 24.2 Å². The monoisotopic (exact) mass is 578 g/mol. The van der Waals surface area contributed by atoms with E-state index in [4.69, 9.17) is 4.74 Å². The van der Waals surface area contributed by atoms with E-state index in [1.54, 1.807) is 29.2 Å². The Morgan fingerprint density at radius 1 is 0.837 bits per heavy atom. The lowest BCUT2D eigenvalue weighted by atomic mass is 9.94. The van der Waals surface area contributed by atoms with Crippen LogP contribution in [0.15, 0.2) is 97.1 Å². The molecule has 0 radical (unpaired) electrons. The molecule has 2 N–H and O–H groups in total. The number of amides is 2. The van der Waals surface area contributed by atoms with Crippen LogP contribution in [0.4, 0.5) is 0 Å². The van der Waals surface area contributed by atoms with Gasteiger partial charge in [0, 0.05) is 24.2 Å². The smallest absolute Gasteiger partial charge is 0.305 e. The summed E-state index contributed by atoms with van der Waals surface area (Å²) in [7, 11) is 0. The quantitative estimate of drug-likeness (QED) is 0.184. The molecule has 4 rings (SSSR count). The number of aryl methyl sites for hydroxylation is 1. The van der Waals surface area contributed by atoms with Gasteiger partial charge in [0.05, 0.1) is 19.1 Å². The Morgan fingerprint density at radius 2 is 1.49 bits per heavy atom. The number of hydrogen-bond donors (Lipinski definition) is 2. The third kappa shape index (κ3) is 8.32. The van der Waals surface area contributed by atoms with E-state index in [0.29, 0.717) is 41.8 Å². The van der Waals surface area contributed by atoms with Crippen LogP contribution >= 0.6 is 0 Å². The highest BCUT2D eigenvalue weighted by Crippen LogP contribution is 2.29. The second-order valence-corrected chi connectivity index (χ2v) is 10.5. The number of hydrogen-bond acceptors (Lipinski definition) is 4. The minimum Gasteiger partial charge on any atom is -0.494 e. The summed E-state index contributed by atoms with van der Waals surface area (Å²) in [6, 6.07) is 29.9. The van der Waals surface area contributed by atoms with Gasteiger partial charge in [-0.1, -0.05) is 78.4 Å². The average molecular weight is 579 g/mol. The zero-order valence-electron chi connectivity index (χ0n) is 24.9. The number of nitrogens with zero attached hydrogens (tertiary/aromatic N) is 1. The van der Waals surface area contributed by atoms with E-state index in [0.717, 1.165) is 22.4 Å². The second-order valence-electron chi connectivity index (χ2n) is 10.5. The molecule has 0 bridgehead atoms. The number of ether oxygens (including phenoxy) is 1. The van der Waals surface area contributed by atoms with E-state index in [1.165, 1.54) is 0 Å². The van der Waals surface area contributed by atoms with E-state index in [9.17, 15) is 19.5 Å². The molecule has 0 aromatic heterocycles. The van der Waals surface area contributed by atoms with Crippen molar-refractivity contribution in [1.29, 1.82) is 0 Å². The molecule has 0 fully saturated rings. The van der Waals surface area contributed by atoms with Crippen LogP contribution in [-0.2, 0) is 11.2 Å².